The molecule has 5 nitrogen and oxygen atoms in total. The van der Waals surface area contributed by atoms with E-state index < -0.39 is 0 Å². The van der Waals surface area contributed by atoms with Gasteiger partial charge in [-0.05, 0) is 18.6 Å². The Morgan fingerprint density at radius 1 is 1.24 bits per heavy atom. The van der Waals surface area contributed by atoms with Crippen LogP contribution in [-0.2, 0) is 12.8 Å². The van der Waals surface area contributed by atoms with Crippen molar-refractivity contribution in [3.8, 4) is 0 Å². The van der Waals surface area contributed by atoms with Crippen molar-refractivity contribution >= 4 is 16.9 Å². The van der Waals surface area contributed by atoms with Crippen molar-refractivity contribution in [1.29, 1.82) is 0 Å². The molecule has 21 heavy (non-hydrogen) atoms. The van der Waals surface area contributed by atoms with Gasteiger partial charge in [0, 0.05) is 13.0 Å². The zero-order valence-electron chi connectivity index (χ0n) is 11.7. The molecule has 2 aromatic heterocycles. The van der Waals surface area contributed by atoms with Crippen LogP contribution in [0.5, 0.6) is 0 Å². The molecule has 1 aromatic carbocycles. The molecule has 6 heteroatoms. The molecular weight excluding hydrogens is 269 g/mol. The van der Waals surface area contributed by atoms with Crippen LogP contribution in [0.3, 0.4) is 0 Å². The standard InChI is InChI=1S/C15H16FN5/c1-2-10-14(16)15(19-9-18-10)17-8-7-13-20-11-5-3-4-6-12(11)21-13/h3-6,9H,2,7-8H2,1H3,(H,20,21)(H,17,18,19). The Morgan fingerprint density at radius 3 is 2.90 bits per heavy atom. The van der Waals surface area contributed by atoms with E-state index in [4.69, 9.17) is 0 Å². The van der Waals surface area contributed by atoms with Crippen molar-refractivity contribution in [2.24, 2.45) is 0 Å². The number of hydrogen-bond donors (Lipinski definition) is 2. The fourth-order valence-electron chi connectivity index (χ4n) is 2.20. The van der Waals surface area contributed by atoms with Gasteiger partial charge in [-0.3, -0.25) is 0 Å². The molecule has 2 N–H and O–H groups in total. The molecule has 3 aromatic rings. The third-order valence-electron chi connectivity index (χ3n) is 3.29. The first-order valence-corrected chi connectivity index (χ1v) is 6.94. The number of H-pyrrole nitrogens is 1. The Labute approximate surface area is 121 Å². The van der Waals surface area contributed by atoms with Gasteiger partial charge < -0.3 is 10.3 Å². The topological polar surface area (TPSA) is 66.5 Å². The lowest BCUT2D eigenvalue weighted by molar-refractivity contribution is 0.596. The first-order valence-electron chi connectivity index (χ1n) is 6.94. The number of anilines is 1. The van der Waals surface area contributed by atoms with Gasteiger partial charge in [0.05, 0.1) is 16.7 Å². The summed E-state index contributed by atoms with van der Waals surface area (Å²) in [7, 11) is 0. The van der Waals surface area contributed by atoms with Gasteiger partial charge in [-0.1, -0.05) is 19.1 Å². The summed E-state index contributed by atoms with van der Waals surface area (Å²) >= 11 is 0. The maximum absolute atomic E-state index is 14.0. The maximum Gasteiger partial charge on any atom is 0.186 e. The van der Waals surface area contributed by atoms with E-state index in [1.807, 2.05) is 31.2 Å². The summed E-state index contributed by atoms with van der Waals surface area (Å²) < 4.78 is 14.0. The lowest BCUT2D eigenvalue weighted by Gasteiger charge is -2.07. The van der Waals surface area contributed by atoms with Crippen molar-refractivity contribution in [1.82, 2.24) is 19.9 Å². The molecule has 0 aliphatic heterocycles. The molecule has 0 unspecified atom stereocenters. The van der Waals surface area contributed by atoms with Crippen molar-refractivity contribution in [3.05, 3.63) is 47.9 Å². The molecule has 0 fully saturated rings. The smallest absolute Gasteiger partial charge is 0.186 e. The van der Waals surface area contributed by atoms with Crippen LogP contribution in [0.15, 0.2) is 30.6 Å². The van der Waals surface area contributed by atoms with E-state index in [0.717, 1.165) is 16.9 Å². The van der Waals surface area contributed by atoms with Crippen LogP contribution in [0, 0.1) is 5.82 Å². The number of aromatic nitrogens is 4. The van der Waals surface area contributed by atoms with E-state index in [1.54, 1.807) is 0 Å². The van der Waals surface area contributed by atoms with Gasteiger partial charge in [-0.25, -0.2) is 19.3 Å². The number of para-hydroxylation sites is 2. The van der Waals surface area contributed by atoms with Gasteiger partial charge in [0.15, 0.2) is 11.6 Å². The third kappa shape index (κ3) is 2.84. The third-order valence-corrected chi connectivity index (χ3v) is 3.29. The second kappa shape index (κ2) is 5.87. The van der Waals surface area contributed by atoms with Gasteiger partial charge in [-0.15, -0.1) is 0 Å². The number of fused-ring (bicyclic) bond motifs is 1. The molecular formula is C15H16FN5. The zero-order chi connectivity index (χ0) is 14.7. The highest BCUT2D eigenvalue weighted by molar-refractivity contribution is 5.74. The van der Waals surface area contributed by atoms with Crippen molar-refractivity contribution < 1.29 is 4.39 Å². The molecule has 0 radical (unpaired) electrons. The number of aryl methyl sites for hydroxylation is 1. The lowest BCUT2D eigenvalue weighted by atomic mass is 10.3. The Hall–Kier alpha value is -2.50. The van der Waals surface area contributed by atoms with Crippen molar-refractivity contribution in [2.75, 3.05) is 11.9 Å². The average Bonchev–Trinajstić information content (AvgIpc) is 2.91. The first-order chi connectivity index (χ1) is 10.3. The molecule has 0 saturated heterocycles. The van der Waals surface area contributed by atoms with E-state index in [2.05, 4.69) is 25.3 Å². The quantitative estimate of drug-likeness (QED) is 0.756. The number of rotatable bonds is 5. The highest BCUT2D eigenvalue weighted by Crippen LogP contribution is 2.14. The number of nitrogens with one attached hydrogen (secondary N) is 2. The maximum atomic E-state index is 14.0. The summed E-state index contributed by atoms with van der Waals surface area (Å²) in [5.41, 5.74) is 2.37. The second-order valence-electron chi connectivity index (χ2n) is 4.71. The Bertz CT molecular complexity index is 720. The summed E-state index contributed by atoms with van der Waals surface area (Å²) in [5, 5.41) is 2.99. The molecule has 0 spiro atoms. The fraction of sp³-hybridized carbons (Fsp3) is 0.267. The minimum absolute atomic E-state index is 0.248. The lowest BCUT2D eigenvalue weighted by Crippen LogP contribution is -2.10. The monoisotopic (exact) mass is 285 g/mol. The SMILES string of the molecule is CCc1ncnc(NCCc2nc3ccccc3[nH]2)c1F. The van der Waals surface area contributed by atoms with E-state index >= 15 is 0 Å². The van der Waals surface area contributed by atoms with E-state index in [9.17, 15) is 4.39 Å². The number of nitrogens with zero attached hydrogens (tertiary/aromatic N) is 3. The van der Waals surface area contributed by atoms with Crippen LogP contribution in [0.2, 0.25) is 0 Å². The van der Waals surface area contributed by atoms with Gasteiger partial charge in [0.1, 0.15) is 12.2 Å². The summed E-state index contributed by atoms with van der Waals surface area (Å²) in [5.74, 6) is 0.747. The molecule has 0 aliphatic carbocycles. The first kappa shape index (κ1) is 13.5. The summed E-state index contributed by atoms with van der Waals surface area (Å²) in [6.07, 6.45) is 2.59. The van der Waals surface area contributed by atoms with Gasteiger partial charge in [-0.2, -0.15) is 0 Å². The Balaban J connectivity index is 1.66. The molecule has 108 valence electrons. The highest BCUT2D eigenvalue weighted by atomic mass is 19.1. The van der Waals surface area contributed by atoms with Crippen LogP contribution in [0.4, 0.5) is 10.2 Å². The van der Waals surface area contributed by atoms with E-state index in [0.29, 0.717) is 25.1 Å². The molecule has 0 amide bonds. The average molecular weight is 285 g/mol. The summed E-state index contributed by atoms with van der Waals surface area (Å²) in [4.78, 5) is 15.6. The van der Waals surface area contributed by atoms with Gasteiger partial charge in [0.25, 0.3) is 0 Å². The molecule has 0 bridgehead atoms. The number of halogens is 1. The predicted molar refractivity (Wildman–Crippen MR) is 79.7 cm³/mol. The van der Waals surface area contributed by atoms with Crippen LogP contribution >= 0.6 is 0 Å². The zero-order valence-corrected chi connectivity index (χ0v) is 11.7. The van der Waals surface area contributed by atoms with Crippen LogP contribution in [0.1, 0.15) is 18.4 Å². The van der Waals surface area contributed by atoms with Crippen molar-refractivity contribution in [2.45, 2.75) is 19.8 Å². The molecule has 0 aliphatic rings. The number of benzene rings is 1. The van der Waals surface area contributed by atoms with Crippen LogP contribution in [0.25, 0.3) is 11.0 Å². The van der Waals surface area contributed by atoms with Crippen molar-refractivity contribution in [3.63, 3.8) is 0 Å². The largest absolute Gasteiger partial charge is 0.367 e. The highest BCUT2D eigenvalue weighted by Gasteiger charge is 2.09. The Morgan fingerprint density at radius 2 is 2.10 bits per heavy atom. The second-order valence-corrected chi connectivity index (χ2v) is 4.71. The fourth-order valence-corrected chi connectivity index (χ4v) is 2.20. The number of imidazole rings is 1. The molecule has 0 saturated carbocycles. The number of aromatic amines is 1. The molecule has 2 heterocycles. The molecule has 0 atom stereocenters. The van der Waals surface area contributed by atoms with Gasteiger partial charge in [0.2, 0.25) is 0 Å². The minimum atomic E-state index is -0.371. The molecule has 3 rings (SSSR count). The Kier molecular flexibility index (Phi) is 3.77. The normalized spacial score (nSPS) is 11.0. The van der Waals surface area contributed by atoms with E-state index in [1.165, 1.54) is 6.33 Å². The van der Waals surface area contributed by atoms with Crippen LogP contribution in [-0.4, -0.2) is 26.5 Å². The minimum Gasteiger partial charge on any atom is -0.367 e. The number of hydrogen-bond acceptors (Lipinski definition) is 4. The van der Waals surface area contributed by atoms with E-state index in [-0.39, 0.29) is 11.6 Å². The summed E-state index contributed by atoms with van der Waals surface area (Å²) in [6.45, 7) is 2.42. The predicted octanol–water partition coefficient (Wildman–Crippen LogP) is 2.71. The van der Waals surface area contributed by atoms with Crippen LogP contribution < -0.4 is 5.32 Å². The van der Waals surface area contributed by atoms with Gasteiger partial charge >= 0.3 is 0 Å². The summed E-state index contributed by atoms with van der Waals surface area (Å²) in [6, 6.07) is 7.86.